The van der Waals surface area contributed by atoms with Crippen molar-refractivity contribution in [2.75, 3.05) is 7.05 Å². The average Bonchev–Trinajstić information content (AvgIpc) is 2.06. The highest BCUT2D eigenvalue weighted by Gasteiger charge is 1.95. The molecule has 0 aromatic carbocycles. The van der Waals surface area contributed by atoms with Crippen LogP contribution in [0.1, 0.15) is 0 Å². The third-order valence-electron chi connectivity index (χ3n) is 1.13. The molecule has 0 bridgehead atoms. The number of thioether (sulfide) groups is 1. The Hall–Kier alpha value is -1.07. The molecule has 1 nitrogen and oxygen atoms in total. The Bertz CT molecular complexity index is 287. The molecule has 0 aromatic heterocycles. The highest BCUT2D eigenvalue weighted by atomic mass is 32.2. The van der Waals surface area contributed by atoms with Crippen LogP contribution in [-0.4, -0.2) is 7.05 Å². The van der Waals surface area contributed by atoms with Crippen molar-refractivity contribution >= 4 is 11.8 Å². The number of nitrogens with one attached hydrogen (secondary N) is 1. The molecular formula is C9H9NS. The fourth-order valence-corrected chi connectivity index (χ4v) is 1.21. The lowest BCUT2D eigenvalue weighted by Gasteiger charge is -2.01. The summed E-state index contributed by atoms with van der Waals surface area (Å²) in [7, 11) is 1.85. The molecule has 1 N–H and O–H groups in total. The summed E-state index contributed by atoms with van der Waals surface area (Å²) in [6.07, 6.45) is 5.73. The Kier molecular flexibility index (Phi) is 2.88. The molecule has 56 valence electrons. The van der Waals surface area contributed by atoms with Gasteiger partial charge in [0.1, 0.15) is 0 Å². The second-order valence-corrected chi connectivity index (χ2v) is 3.07. The van der Waals surface area contributed by atoms with E-state index in [4.69, 9.17) is 0 Å². The normalized spacial score (nSPS) is 13.0. The van der Waals surface area contributed by atoms with Gasteiger partial charge in [0, 0.05) is 7.05 Å². The number of hydrogen-bond acceptors (Lipinski definition) is 2. The molecule has 0 radical (unpaired) electrons. The fourth-order valence-electron chi connectivity index (χ4n) is 0.581. The monoisotopic (exact) mass is 163 g/mol. The Labute approximate surface area is 70.9 Å². The molecule has 1 rings (SSSR count). The molecule has 0 amide bonds. The standard InChI is InChI=1S/C9H9NS/c1-8(10-2)11-9-6-4-3-5-7-9/h3-4,6,10H,1H2,2H3. The topological polar surface area (TPSA) is 12.0 Å². The molecule has 0 saturated heterocycles. The Morgan fingerprint density at radius 2 is 2.55 bits per heavy atom. The van der Waals surface area contributed by atoms with Gasteiger partial charge in [-0.15, -0.1) is 0 Å². The van der Waals surface area contributed by atoms with Gasteiger partial charge in [-0.05, 0) is 12.2 Å². The lowest BCUT2D eigenvalue weighted by Crippen LogP contribution is -1.99. The van der Waals surface area contributed by atoms with Gasteiger partial charge in [0.05, 0.1) is 9.93 Å². The van der Waals surface area contributed by atoms with Gasteiger partial charge in [-0.1, -0.05) is 35.9 Å². The fraction of sp³-hybridized carbons (Fsp3) is 0.111. The third kappa shape index (κ3) is 2.57. The summed E-state index contributed by atoms with van der Waals surface area (Å²) in [6.45, 7) is 3.79. The van der Waals surface area contributed by atoms with Crippen LogP contribution in [0.4, 0.5) is 0 Å². The van der Waals surface area contributed by atoms with E-state index in [-0.39, 0.29) is 0 Å². The molecule has 1 aliphatic carbocycles. The van der Waals surface area contributed by atoms with Crippen LogP contribution in [0.15, 0.2) is 46.2 Å². The number of hydrogen-bond donors (Lipinski definition) is 1. The Morgan fingerprint density at radius 1 is 1.73 bits per heavy atom. The van der Waals surface area contributed by atoms with E-state index in [1.54, 1.807) is 11.8 Å². The first kappa shape index (κ1) is 8.03. The van der Waals surface area contributed by atoms with Crippen molar-refractivity contribution in [3.05, 3.63) is 46.2 Å². The molecule has 0 atom stereocenters. The van der Waals surface area contributed by atoms with Gasteiger partial charge < -0.3 is 5.32 Å². The molecule has 0 heterocycles. The average molecular weight is 163 g/mol. The van der Waals surface area contributed by atoms with Crippen molar-refractivity contribution in [1.29, 1.82) is 0 Å². The minimum atomic E-state index is 0.917. The van der Waals surface area contributed by atoms with Gasteiger partial charge in [-0.25, -0.2) is 0 Å². The molecule has 0 fully saturated rings. The first-order chi connectivity index (χ1) is 5.33. The van der Waals surface area contributed by atoms with Crippen LogP contribution < -0.4 is 5.32 Å². The molecule has 1 aliphatic rings. The van der Waals surface area contributed by atoms with Crippen molar-refractivity contribution in [3.8, 4) is 0 Å². The molecular weight excluding hydrogens is 154 g/mol. The van der Waals surface area contributed by atoms with Crippen molar-refractivity contribution < 1.29 is 0 Å². The Morgan fingerprint density at radius 3 is 3.09 bits per heavy atom. The van der Waals surface area contributed by atoms with Crippen LogP contribution in [0, 0.1) is 0 Å². The zero-order valence-electron chi connectivity index (χ0n) is 6.35. The van der Waals surface area contributed by atoms with Crippen LogP contribution in [0.3, 0.4) is 0 Å². The molecule has 11 heavy (non-hydrogen) atoms. The molecule has 0 unspecified atom stereocenters. The summed E-state index contributed by atoms with van der Waals surface area (Å²) in [5.74, 6) is 0. The SMILES string of the molecule is C=C(NC)SC1=C=C=CC=C1. The van der Waals surface area contributed by atoms with Crippen molar-refractivity contribution in [3.63, 3.8) is 0 Å². The first-order valence-electron chi connectivity index (χ1n) is 3.26. The summed E-state index contributed by atoms with van der Waals surface area (Å²) >= 11 is 1.55. The molecule has 2 heteroatoms. The van der Waals surface area contributed by atoms with Crippen LogP contribution >= 0.6 is 11.8 Å². The molecule has 0 spiro atoms. The van der Waals surface area contributed by atoms with Gasteiger partial charge in [-0.2, -0.15) is 0 Å². The summed E-state index contributed by atoms with van der Waals surface area (Å²) < 4.78 is 0. The summed E-state index contributed by atoms with van der Waals surface area (Å²) in [6, 6.07) is 0. The first-order valence-corrected chi connectivity index (χ1v) is 4.07. The van der Waals surface area contributed by atoms with E-state index in [9.17, 15) is 0 Å². The Balaban J connectivity index is 2.64. The lowest BCUT2D eigenvalue weighted by molar-refractivity contribution is 1.09. The quantitative estimate of drug-likeness (QED) is 0.640. The van der Waals surface area contributed by atoms with Gasteiger partial charge in [0.25, 0.3) is 0 Å². The molecule has 0 aromatic rings. The van der Waals surface area contributed by atoms with Crippen LogP contribution in [-0.2, 0) is 0 Å². The number of rotatable bonds is 3. The van der Waals surface area contributed by atoms with E-state index < -0.39 is 0 Å². The van der Waals surface area contributed by atoms with Crippen molar-refractivity contribution in [2.24, 2.45) is 0 Å². The van der Waals surface area contributed by atoms with E-state index in [0.717, 1.165) is 9.93 Å². The largest absolute Gasteiger partial charge is 0.383 e. The highest BCUT2D eigenvalue weighted by Crippen LogP contribution is 2.22. The van der Waals surface area contributed by atoms with Gasteiger partial charge in [0.15, 0.2) is 0 Å². The second kappa shape index (κ2) is 3.95. The predicted octanol–water partition coefficient (Wildman–Crippen LogP) is 2.17. The van der Waals surface area contributed by atoms with Crippen molar-refractivity contribution in [2.45, 2.75) is 0 Å². The van der Waals surface area contributed by atoms with Crippen LogP contribution in [0.5, 0.6) is 0 Å². The smallest absolute Gasteiger partial charge is 0.0660 e. The van der Waals surface area contributed by atoms with E-state index in [0.29, 0.717) is 0 Å². The van der Waals surface area contributed by atoms with Gasteiger partial charge in [0.2, 0.25) is 0 Å². The molecule has 0 aliphatic heterocycles. The summed E-state index contributed by atoms with van der Waals surface area (Å²) in [5, 5.41) is 3.87. The van der Waals surface area contributed by atoms with Crippen LogP contribution in [0.2, 0.25) is 0 Å². The zero-order valence-corrected chi connectivity index (χ0v) is 7.16. The van der Waals surface area contributed by atoms with E-state index in [1.807, 2.05) is 25.3 Å². The summed E-state index contributed by atoms with van der Waals surface area (Å²) in [5.41, 5.74) is 5.85. The zero-order chi connectivity index (χ0) is 8.10. The predicted molar refractivity (Wildman–Crippen MR) is 50.0 cm³/mol. The maximum Gasteiger partial charge on any atom is 0.0660 e. The molecule has 0 saturated carbocycles. The maximum atomic E-state index is 3.79. The lowest BCUT2D eigenvalue weighted by atomic mass is 10.4. The minimum absolute atomic E-state index is 0.917. The number of allylic oxidation sites excluding steroid dienone is 3. The summed E-state index contributed by atoms with van der Waals surface area (Å²) in [4.78, 5) is 1.03. The van der Waals surface area contributed by atoms with Crippen LogP contribution in [0.25, 0.3) is 0 Å². The van der Waals surface area contributed by atoms with E-state index in [1.165, 1.54) is 0 Å². The van der Waals surface area contributed by atoms with Crippen molar-refractivity contribution in [1.82, 2.24) is 5.32 Å². The maximum absolute atomic E-state index is 3.79. The van der Waals surface area contributed by atoms with Gasteiger partial charge in [-0.3, -0.25) is 0 Å². The minimum Gasteiger partial charge on any atom is -0.383 e. The van der Waals surface area contributed by atoms with Gasteiger partial charge >= 0.3 is 0 Å². The van der Waals surface area contributed by atoms with E-state index >= 15 is 0 Å². The highest BCUT2D eigenvalue weighted by molar-refractivity contribution is 8.06. The van der Waals surface area contributed by atoms with E-state index in [2.05, 4.69) is 23.4 Å². The second-order valence-electron chi connectivity index (χ2n) is 1.93. The third-order valence-corrected chi connectivity index (χ3v) is 2.04.